The zero-order valence-electron chi connectivity index (χ0n) is 14.8. The molecule has 26 heavy (non-hydrogen) atoms. The van der Waals surface area contributed by atoms with Gasteiger partial charge in [0.1, 0.15) is 0 Å². The maximum Gasteiger partial charge on any atom is 0.237 e. The fraction of sp³-hybridized carbons (Fsp3) is 0.579. The number of rotatable bonds is 5. The molecule has 0 bridgehead atoms. The van der Waals surface area contributed by atoms with Gasteiger partial charge < -0.3 is 15.5 Å². The Kier molecular flexibility index (Phi) is 6.79. The molecule has 142 valence electrons. The summed E-state index contributed by atoms with van der Waals surface area (Å²) in [5.41, 5.74) is 0.868. The molecular weight excluding hydrogens is 373 g/mol. The van der Waals surface area contributed by atoms with Crippen molar-refractivity contribution in [1.82, 2.24) is 15.5 Å². The Morgan fingerprint density at radius 3 is 2.77 bits per heavy atom. The highest BCUT2D eigenvalue weighted by molar-refractivity contribution is 6.42. The molecule has 2 fully saturated rings. The van der Waals surface area contributed by atoms with Crippen LogP contribution in [0.5, 0.6) is 0 Å². The van der Waals surface area contributed by atoms with Crippen LogP contribution >= 0.6 is 23.2 Å². The Bertz CT molecular complexity index is 662. The summed E-state index contributed by atoms with van der Waals surface area (Å²) < 4.78 is 0. The maximum atomic E-state index is 12.6. The van der Waals surface area contributed by atoms with Gasteiger partial charge >= 0.3 is 0 Å². The molecular formula is C19H25Cl2N3O2. The van der Waals surface area contributed by atoms with Gasteiger partial charge in [-0.05, 0) is 55.8 Å². The largest absolute Gasteiger partial charge is 0.354 e. The summed E-state index contributed by atoms with van der Waals surface area (Å²) >= 11 is 12.0. The van der Waals surface area contributed by atoms with Crippen molar-refractivity contribution in [2.24, 2.45) is 5.92 Å². The molecule has 0 spiro atoms. The minimum atomic E-state index is -0.0500. The highest BCUT2D eigenvalue weighted by Crippen LogP contribution is 2.23. The second kappa shape index (κ2) is 9.07. The molecule has 2 amide bonds. The normalized spacial score (nSPS) is 23.1. The van der Waals surface area contributed by atoms with Gasteiger partial charge in [0, 0.05) is 19.6 Å². The van der Waals surface area contributed by atoms with Crippen molar-refractivity contribution in [2.45, 2.75) is 38.1 Å². The standard InChI is InChI=1S/C19H25Cl2N3O2/c20-15-6-5-13(9-16(15)21)10-18(25)24-8-2-3-14(12-24)11-23-19(26)17-4-1-7-22-17/h5-6,9,14,17,22H,1-4,7-8,10-12H2,(H,23,26). The monoisotopic (exact) mass is 397 g/mol. The number of nitrogens with one attached hydrogen (secondary N) is 2. The van der Waals surface area contributed by atoms with Crippen molar-refractivity contribution in [3.63, 3.8) is 0 Å². The second-order valence-corrected chi connectivity index (χ2v) is 7.98. The number of halogens is 2. The molecule has 3 rings (SSSR count). The van der Waals surface area contributed by atoms with E-state index in [9.17, 15) is 9.59 Å². The Morgan fingerprint density at radius 1 is 1.19 bits per heavy atom. The van der Waals surface area contributed by atoms with Crippen molar-refractivity contribution in [3.8, 4) is 0 Å². The quantitative estimate of drug-likeness (QED) is 0.802. The minimum absolute atomic E-state index is 0.0500. The summed E-state index contributed by atoms with van der Waals surface area (Å²) in [5.74, 6) is 0.491. The first-order valence-electron chi connectivity index (χ1n) is 9.25. The molecule has 5 nitrogen and oxygen atoms in total. The number of likely N-dealkylation sites (tertiary alicyclic amines) is 1. The average molecular weight is 398 g/mol. The Hall–Kier alpha value is -1.30. The molecule has 2 heterocycles. The summed E-state index contributed by atoms with van der Waals surface area (Å²) in [7, 11) is 0. The van der Waals surface area contributed by atoms with E-state index in [1.165, 1.54) is 0 Å². The molecule has 2 atom stereocenters. The fourth-order valence-corrected chi connectivity index (χ4v) is 3.99. The van der Waals surface area contributed by atoms with Crippen LogP contribution < -0.4 is 10.6 Å². The third-order valence-corrected chi connectivity index (χ3v) is 5.89. The van der Waals surface area contributed by atoms with Gasteiger partial charge in [-0.15, -0.1) is 0 Å². The van der Waals surface area contributed by atoms with Crippen molar-refractivity contribution >= 4 is 35.0 Å². The topological polar surface area (TPSA) is 61.4 Å². The number of hydrogen-bond acceptors (Lipinski definition) is 3. The highest BCUT2D eigenvalue weighted by atomic mass is 35.5. The van der Waals surface area contributed by atoms with Gasteiger partial charge in [0.2, 0.25) is 11.8 Å². The number of amides is 2. The molecule has 1 aromatic rings. The Morgan fingerprint density at radius 2 is 2.04 bits per heavy atom. The SMILES string of the molecule is O=C(NCC1CCCN(C(=O)Cc2ccc(Cl)c(Cl)c2)C1)C1CCCN1. The van der Waals surface area contributed by atoms with Crippen LogP contribution in [-0.2, 0) is 16.0 Å². The molecule has 2 aliphatic heterocycles. The van der Waals surface area contributed by atoms with Crippen LogP contribution in [0.1, 0.15) is 31.2 Å². The number of carbonyl (C=O) groups is 2. The summed E-state index contributed by atoms with van der Waals surface area (Å²) in [6.45, 7) is 3.01. The summed E-state index contributed by atoms with van der Waals surface area (Å²) in [6.07, 6.45) is 4.29. The van der Waals surface area contributed by atoms with E-state index in [1.807, 2.05) is 11.0 Å². The third-order valence-electron chi connectivity index (χ3n) is 5.15. The average Bonchev–Trinajstić information content (AvgIpc) is 3.18. The second-order valence-electron chi connectivity index (χ2n) is 7.17. The summed E-state index contributed by atoms with van der Waals surface area (Å²) in [4.78, 5) is 26.6. The smallest absolute Gasteiger partial charge is 0.237 e. The molecule has 2 saturated heterocycles. The number of nitrogens with zero attached hydrogens (tertiary/aromatic N) is 1. The predicted molar refractivity (Wildman–Crippen MR) is 104 cm³/mol. The van der Waals surface area contributed by atoms with E-state index in [2.05, 4.69) is 10.6 Å². The Labute approximate surface area is 164 Å². The highest BCUT2D eigenvalue weighted by Gasteiger charge is 2.26. The first-order valence-corrected chi connectivity index (χ1v) is 10.0. The van der Waals surface area contributed by atoms with Crippen LogP contribution in [0, 0.1) is 5.92 Å². The fourth-order valence-electron chi connectivity index (χ4n) is 3.67. The lowest BCUT2D eigenvalue weighted by atomic mass is 9.97. The van der Waals surface area contributed by atoms with E-state index in [0.717, 1.165) is 44.3 Å². The molecule has 7 heteroatoms. The van der Waals surface area contributed by atoms with Gasteiger partial charge in [-0.1, -0.05) is 29.3 Å². The first-order chi connectivity index (χ1) is 12.5. The number of piperidine rings is 1. The van der Waals surface area contributed by atoms with Crippen LogP contribution in [0.3, 0.4) is 0 Å². The third kappa shape index (κ3) is 5.12. The van der Waals surface area contributed by atoms with E-state index in [4.69, 9.17) is 23.2 Å². The van der Waals surface area contributed by atoms with Gasteiger partial charge in [0.15, 0.2) is 0 Å². The van der Waals surface area contributed by atoms with Gasteiger partial charge in [0.25, 0.3) is 0 Å². The predicted octanol–water partition coefficient (Wildman–Crippen LogP) is 2.64. The van der Waals surface area contributed by atoms with Crippen LogP contribution in [0.25, 0.3) is 0 Å². The molecule has 0 saturated carbocycles. The molecule has 2 aliphatic rings. The van der Waals surface area contributed by atoms with E-state index >= 15 is 0 Å². The number of benzene rings is 1. The van der Waals surface area contributed by atoms with E-state index in [0.29, 0.717) is 35.5 Å². The number of carbonyl (C=O) groups excluding carboxylic acids is 2. The van der Waals surface area contributed by atoms with Crippen LogP contribution in [0.4, 0.5) is 0 Å². The van der Waals surface area contributed by atoms with Gasteiger partial charge in [0.05, 0.1) is 22.5 Å². The summed E-state index contributed by atoms with van der Waals surface area (Å²) in [6, 6.07) is 5.25. The molecule has 1 aromatic carbocycles. The van der Waals surface area contributed by atoms with E-state index in [-0.39, 0.29) is 17.9 Å². The molecule has 2 unspecified atom stereocenters. The molecule has 0 radical (unpaired) electrons. The summed E-state index contributed by atoms with van der Waals surface area (Å²) in [5, 5.41) is 7.22. The van der Waals surface area contributed by atoms with Gasteiger partial charge in [-0.25, -0.2) is 0 Å². The molecule has 0 aromatic heterocycles. The zero-order chi connectivity index (χ0) is 18.5. The van der Waals surface area contributed by atoms with Crippen LogP contribution in [-0.4, -0.2) is 48.9 Å². The van der Waals surface area contributed by atoms with E-state index in [1.54, 1.807) is 12.1 Å². The maximum absolute atomic E-state index is 12.6. The van der Waals surface area contributed by atoms with Crippen molar-refractivity contribution in [3.05, 3.63) is 33.8 Å². The minimum Gasteiger partial charge on any atom is -0.354 e. The first kappa shape index (κ1) is 19.5. The number of hydrogen-bond donors (Lipinski definition) is 2. The van der Waals surface area contributed by atoms with Crippen molar-refractivity contribution in [2.75, 3.05) is 26.2 Å². The van der Waals surface area contributed by atoms with E-state index < -0.39 is 0 Å². The Balaban J connectivity index is 1.48. The van der Waals surface area contributed by atoms with Crippen molar-refractivity contribution < 1.29 is 9.59 Å². The molecule has 2 N–H and O–H groups in total. The zero-order valence-corrected chi connectivity index (χ0v) is 16.3. The van der Waals surface area contributed by atoms with Crippen LogP contribution in [0.15, 0.2) is 18.2 Å². The molecule has 0 aliphatic carbocycles. The lowest BCUT2D eigenvalue weighted by Crippen LogP contribution is -2.47. The lowest BCUT2D eigenvalue weighted by Gasteiger charge is -2.33. The van der Waals surface area contributed by atoms with Crippen molar-refractivity contribution in [1.29, 1.82) is 0 Å². The van der Waals surface area contributed by atoms with Gasteiger partial charge in [-0.3, -0.25) is 9.59 Å². The van der Waals surface area contributed by atoms with Crippen LogP contribution in [0.2, 0.25) is 10.0 Å². The lowest BCUT2D eigenvalue weighted by molar-refractivity contribution is -0.132. The van der Waals surface area contributed by atoms with Gasteiger partial charge in [-0.2, -0.15) is 0 Å².